The zero-order valence-electron chi connectivity index (χ0n) is 12.1. The molecule has 0 aromatic heterocycles. The summed E-state index contributed by atoms with van der Waals surface area (Å²) >= 11 is 0. The summed E-state index contributed by atoms with van der Waals surface area (Å²) in [4.78, 5) is 22.8. The van der Waals surface area contributed by atoms with Gasteiger partial charge in [-0.25, -0.2) is 4.79 Å². The highest BCUT2D eigenvalue weighted by Crippen LogP contribution is 2.31. The molecule has 0 saturated carbocycles. The maximum atomic E-state index is 12.0. The van der Waals surface area contributed by atoms with E-state index in [1.807, 2.05) is 42.5 Å². The van der Waals surface area contributed by atoms with E-state index in [2.05, 4.69) is 0 Å². The molecule has 0 aliphatic rings. The highest BCUT2D eigenvalue weighted by atomic mass is 16.5. The van der Waals surface area contributed by atoms with Crippen LogP contribution in [-0.2, 0) is 4.74 Å². The van der Waals surface area contributed by atoms with Gasteiger partial charge in [-0.05, 0) is 22.6 Å². The number of aldehydes is 1. The van der Waals surface area contributed by atoms with Gasteiger partial charge in [-0.1, -0.05) is 54.6 Å². The van der Waals surface area contributed by atoms with Crippen LogP contribution >= 0.6 is 0 Å². The smallest absolute Gasteiger partial charge is 0.338 e. The number of esters is 1. The number of hydrogen-bond acceptors (Lipinski definition) is 3. The van der Waals surface area contributed by atoms with Crippen LogP contribution in [0.4, 0.5) is 0 Å². The van der Waals surface area contributed by atoms with E-state index in [4.69, 9.17) is 4.74 Å². The van der Waals surface area contributed by atoms with Crippen molar-refractivity contribution in [2.75, 3.05) is 7.11 Å². The lowest BCUT2D eigenvalue weighted by Crippen LogP contribution is -2.02. The zero-order chi connectivity index (χ0) is 15.5. The van der Waals surface area contributed by atoms with Crippen molar-refractivity contribution in [2.24, 2.45) is 0 Å². The van der Waals surface area contributed by atoms with E-state index in [-0.39, 0.29) is 5.97 Å². The second kappa shape index (κ2) is 5.82. The van der Waals surface area contributed by atoms with Crippen molar-refractivity contribution in [2.45, 2.75) is 0 Å². The average molecular weight is 290 g/mol. The Labute approximate surface area is 128 Å². The summed E-state index contributed by atoms with van der Waals surface area (Å²) in [7, 11) is 1.38. The Bertz CT molecular complexity index is 843. The van der Waals surface area contributed by atoms with Crippen LogP contribution in [-0.4, -0.2) is 19.4 Å². The van der Waals surface area contributed by atoms with Crippen LogP contribution in [0.2, 0.25) is 0 Å². The van der Waals surface area contributed by atoms with E-state index in [0.29, 0.717) is 11.1 Å². The Hall–Kier alpha value is -2.94. The predicted octanol–water partition coefficient (Wildman–Crippen LogP) is 4.11. The normalized spacial score (nSPS) is 10.4. The molecular weight excluding hydrogens is 276 g/mol. The number of hydrogen-bond donors (Lipinski definition) is 0. The minimum absolute atomic E-state index is 0.359. The molecule has 0 bridgehead atoms. The summed E-state index contributed by atoms with van der Waals surface area (Å²) in [6, 6.07) is 18.7. The Kier molecular flexibility index (Phi) is 3.71. The van der Waals surface area contributed by atoms with Gasteiger partial charge in [-0.15, -0.1) is 0 Å². The molecule has 0 unspecified atom stereocenters. The van der Waals surface area contributed by atoms with Gasteiger partial charge in [0.05, 0.1) is 12.7 Å². The first-order chi connectivity index (χ1) is 10.7. The Balaban J connectivity index is 2.28. The summed E-state index contributed by atoms with van der Waals surface area (Å²) in [5, 5.41) is 1.83. The van der Waals surface area contributed by atoms with Crippen molar-refractivity contribution < 1.29 is 14.3 Å². The van der Waals surface area contributed by atoms with Crippen molar-refractivity contribution in [3.63, 3.8) is 0 Å². The van der Waals surface area contributed by atoms with Gasteiger partial charge in [0, 0.05) is 10.9 Å². The summed E-state index contributed by atoms with van der Waals surface area (Å²) in [6.45, 7) is 0. The first-order valence-electron chi connectivity index (χ1n) is 6.90. The van der Waals surface area contributed by atoms with Gasteiger partial charge in [-0.3, -0.25) is 4.79 Å². The van der Waals surface area contributed by atoms with E-state index in [1.165, 1.54) is 7.11 Å². The Morgan fingerprint density at radius 3 is 2.27 bits per heavy atom. The second-order valence-corrected chi connectivity index (χ2v) is 4.94. The number of carbonyl (C=O) groups is 2. The van der Waals surface area contributed by atoms with Gasteiger partial charge >= 0.3 is 5.97 Å². The molecule has 0 heterocycles. The van der Waals surface area contributed by atoms with Crippen LogP contribution in [0.25, 0.3) is 21.9 Å². The maximum Gasteiger partial charge on any atom is 0.338 e. The van der Waals surface area contributed by atoms with Gasteiger partial charge in [0.1, 0.15) is 6.29 Å². The number of fused-ring (bicyclic) bond motifs is 1. The lowest BCUT2D eigenvalue weighted by molar-refractivity contribution is 0.0603. The molecule has 0 amide bonds. The maximum absolute atomic E-state index is 12.0. The lowest BCUT2D eigenvalue weighted by atomic mass is 9.94. The minimum atomic E-state index is -0.359. The molecule has 3 heteroatoms. The van der Waals surface area contributed by atoms with E-state index in [0.717, 1.165) is 28.2 Å². The van der Waals surface area contributed by atoms with Crippen molar-refractivity contribution in [1.82, 2.24) is 0 Å². The number of benzene rings is 3. The van der Waals surface area contributed by atoms with Crippen LogP contribution in [0, 0.1) is 0 Å². The van der Waals surface area contributed by atoms with Crippen LogP contribution in [0.1, 0.15) is 20.7 Å². The molecule has 3 aromatic carbocycles. The lowest BCUT2D eigenvalue weighted by Gasteiger charge is -2.11. The highest BCUT2D eigenvalue weighted by Gasteiger charge is 2.14. The number of carbonyl (C=O) groups excluding carboxylic acids is 2. The SMILES string of the molecule is COC(=O)c1cccc2cccc(-c3ccc(C=O)cc3)c12. The van der Waals surface area contributed by atoms with E-state index in [1.54, 1.807) is 18.2 Å². The van der Waals surface area contributed by atoms with Crippen molar-refractivity contribution >= 4 is 23.0 Å². The summed E-state index contributed by atoms with van der Waals surface area (Å²) in [6.07, 6.45) is 0.812. The van der Waals surface area contributed by atoms with Crippen molar-refractivity contribution in [3.05, 3.63) is 71.8 Å². The highest BCUT2D eigenvalue weighted by molar-refractivity contribution is 6.10. The molecule has 0 aliphatic carbocycles. The Morgan fingerprint density at radius 2 is 1.64 bits per heavy atom. The molecule has 0 N–H and O–H groups in total. The fourth-order valence-corrected chi connectivity index (χ4v) is 2.60. The predicted molar refractivity (Wildman–Crippen MR) is 86.1 cm³/mol. The van der Waals surface area contributed by atoms with Gasteiger partial charge in [0.2, 0.25) is 0 Å². The molecule has 3 aromatic rings. The monoisotopic (exact) mass is 290 g/mol. The molecule has 0 spiro atoms. The molecule has 22 heavy (non-hydrogen) atoms. The van der Waals surface area contributed by atoms with Crippen molar-refractivity contribution in [3.8, 4) is 11.1 Å². The summed E-state index contributed by atoms with van der Waals surface area (Å²) < 4.78 is 4.89. The van der Waals surface area contributed by atoms with E-state index >= 15 is 0 Å². The van der Waals surface area contributed by atoms with Crippen LogP contribution < -0.4 is 0 Å². The zero-order valence-corrected chi connectivity index (χ0v) is 12.1. The molecule has 0 fully saturated rings. The standard InChI is InChI=1S/C19H14O3/c1-22-19(21)17-7-3-5-15-4-2-6-16(18(15)17)14-10-8-13(12-20)9-11-14/h2-12H,1H3. The molecule has 0 aliphatic heterocycles. The van der Waals surface area contributed by atoms with Gasteiger partial charge in [0.15, 0.2) is 0 Å². The molecular formula is C19H14O3. The quantitative estimate of drug-likeness (QED) is 0.538. The largest absolute Gasteiger partial charge is 0.465 e. The van der Waals surface area contributed by atoms with Crippen LogP contribution in [0.3, 0.4) is 0 Å². The molecule has 0 saturated heterocycles. The Morgan fingerprint density at radius 1 is 0.955 bits per heavy atom. The van der Waals surface area contributed by atoms with Gasteiger partial charge in [0.25, 0.3) is 0 Å². The number of methoxy groups -OCH3 is 1. The molecule has 3 nitrogen and oxygen atoms in total. The topological polar surface area (TPSA) is 43.4 Å². The molecule has 3 rings (SSSR count). The van der Waals surface area contributed by atoms with Gasteiger partial charge in [-0.2, -0.15) is 0 Å². The van der Waals surface area contributed by atoms with Crippen LogP contribution in [0.5, 0.6) is 0 Å². The summed E-state index contributed by atoms with van der Waals surface area (Å²) in [5.74, 6) is -0.359. The average Bonchev–Trinajstić information content (AvgIpc) is 2.60. The second-order valence-electron chi connectivity index (χ2n) is 4.94. The molecule has 0 radical (unpaired) electrons. The summed E-state index contributed by atoms with van der Waals surface area (Å²) in [5.41, 5.74) is 3.05. The van der Waals surface area contributed by atoms with E-state index in [9.17, 15) is 9.59 Å². The van der Waals surface area contributed by atoms with Crippen LogP contribution in [0.15, 0.2) is 60.7 Å². The third kappa shape index (κ3) is 2.37. The number of rotatable bonds is 3. The molecule has 108 valence electrons. The first-order valence-corrected chi connectivity index (χ1v) is 6.90. The fraction of sp³-hybridized carbons (Fsp3) is 0.0526. The number of ether oxygens (including phenoxy) is 1. The third-order valence-corrected chi connectivity index (χ3v) is 3.67. The molecule has 0 atom stereocenters. The van der Waals surface area contributed by atoms with Crippen molar-refractivity contribution in [1.29, 1.82) is 0 Å². The van der Waals surface area contributed by atoms with Gasteiger partial charge < -0.3 is 4.74 Å². The van der Waals surface area contributed by atoms with E-state index < -0.39 is 0 Å². The third-order valence-electron chi connectivity index (χ3n) is 3.67. The first kappa shape index (κ1) is 14.0. The minimum Gasteiger partial charge on any atom is -0.465 e. The fourth-order valence-electron chi connectivity index (χ4n) is 2.60.